The summed E-state index contributed by atoms with van der Waals surface area (Å²) in [6.45, 7) is 0. The second kappa shape index (κ2) is 6.71. The molecule has 6 nitrogen and oxygen atoms in total. The monoisotopic (exact) mass is 350 g/mol. The van der Waals surface area contributed by atoms with Gasteiger partial charge < -0.3 is 4.90 Å². The van der Waals surface area contributed by atoms with Gasteiger partial charge in [0.2, 0.25) is 0 Å². The summed E-state index contributed by atoms with van der Waals surface area (Å²) in [7, 11) is 3.50. The number of fused-ring (bicyclic) bond motifs is 1. The van der Waals surface area contributed by atoms with Gasteiger partial charge in [-0.15, -0.1) is 11.3 Å². The molecular formula is C18H14N4O2S. The van der Waals surface area contributed by atoms with Crippen LogP contribution in [0.5, 0.6) is 0 Å². The minimum absolute atomic E-state index is 0.000315. The van der Waals surface area contributed by atoms with E-state index in [1.54, 1.807) is 37.2 Å². The summed E-state index contributed by atoms with van der Waals surface area (Å²) in [5.41, 5.74) is 2.32. The second-order valence-corrected chi connectivity index (χ2v) is 6.59. The van der Waals surface area contributed by atoms with Gasteiger partial charge in [-0.2, -0.15) is 5.26 Å². The van der Waals surface area contributed by atoms with Crippen LogP contribution in [0.25, 0.3) is 21.9 Å². The quantitative estimate of drug-likeness (QED) is 0.397. The lowest BCUT2D eigenvalue weighted by molar-refractivity contribution is -0.384. The van der Waals surface area contributed by atoms with Crippen molar-refractivity contribution >= 4 is 44.6 Å². The van der Waals surface area contributed by atoms with Crippen LogP contribution >= 0.6 is 11.3 Å². The molecule has 2 aromatic carbocycles. The van der Waals surface area contributed by atoms with Crippen LogP contribution in [-0.2, 0) is 0 Å². The van der Waals surface area contributed by atoms with Crippen molar-refractivity contribution in [2.24, 2.45) is 0 Å². The number of rotatable bonds is 4. The van der Waals surface area contributed by atoms with Crippen LogP contribution < -0.4 is 4.90 Å². The third-order valence-electron chi connectivity index (χ3n) is 3.63. The van der Waals surface area contributed by atoms with E-state index >= 15 is 0 Å². The number of anilines is 1. The number of benzene rings is 2. The van der Waals surface area contributed by atoms with Crippen LogP contribution in [-0.4, -0.2) is 24.0 Å². The first kappa shape index (κ1) is 16.6. The highest BCUT2D eigenvalue weighted by molar-refractivity contribution is 7.19. The van der Waals surface area contributed by atoms with Gasteiger partial charge in [-0.05, 0) is 29.8 Å². The van der Waals surface area contributed by atoms with Crippen molar-refractivity contribution in [3.63, 3.8) is 0 Å². The van der Waals surface area contributed by atoms with Gasteiger partial charge in [-0.25, -0.2) is 4.98 Å². The largest absolute Gasteiger partial charge is 0.372 e. The molecule has 0 aliphatic rings. The Morgan fingerprint density at radius 3 is 2.72 bits per heavy atom. The summed E-state index contributed by atoms with van der Waals surface area (Å²) in [6.07, 6.45) is 1.63. The summed E-state index contributed by atoms with van der Waals surface area (Å²) >= 11 is 1.42. The van der Waals surface area contributed by atoms with E-state index in [0.717, 1.165) is 10.2 Å². The lowest BCUT2D eigenvalue weighted by Gasteiger charge is -2.12. The van der Waals surface area contributed by atoms with E-state index in [9.17, 15) is 15.4 Å². The molecule has 0 aliphatic carbocycles. The molecule has 0 fully saturated rings. The smallest absolute Gasteiger partial charge is 0.293 e. The molecule has 0 spiro atoms. The summed E-state index contributed by atoms with van der Waals surface area (Å²) in [4.78, 5) is 17.0. The van der Waals surface area contributed by atoms with Gasteiger partial charge in [0.1, 0.15) is 16.8 Å². The SMILES string of the molecule is CN(C)c1ccc(/C=C(/C#N)c2nc3ccccc3s2)cc1[N+](=O)[O-]. The number of nitriles is 1. The summed E-state index contributed by atoms with van der Waals surface area (Å²) in [5.74, 6) is 0. The normalized spacial score (nSPS) is 11.3. The molecule has 0 unspecified atom stereocenters. The molecular weight excluding hydrogens is 336 g/mol. The van der Waals surface area contributed by atoms with Crippen LogP contribution in [0.4, 0.5) is 11.4 Å². The van der Waals surface area contributed by atoms with E-state index in [4.69, 9.17) is 0 Å². The highest BCUT2D eigenvalue weighted by Crippen LogP contribution is 2.31. The van der Waals surface area contributed by atoms with Gasteiger partial charge in [0.05, 0.1) is 20.7 Å². The number of hydrogen-bond donors (Lipinski definition) is 0. The first-order valence-corrected chi connectivity index (χ1v) is 8.25. The molecule has 0 saturated heterocycles. The summed E-state index contributed by atoms with van der Waals surface area (Å²) < 4.78 is 0.993. The third kappa shape index (κ3) is 3.34. The first-order chi connectivity index (χ1) is 12.0. The predicted molar refractivity (Wildman–Crippen MR) is 101 cm³/mol. The number of nitro benzene ring substituents is 1. The number of aromatic nitrogens is 1. The topological polar surface area (TPSA) is 83.1 Å². The van der Waals surface area contributed by atoms with Crippen LogP contribution in [0.1, 0.15) is 10.6 Å². The Kier molecular flexibility index (Phi) is 4.46. The summed E-state index contributed by atoms with van der Waals surface area (Å²) in [5, 5.41) is 21.4. The predicted octanol–water partition coefficient (Wildman–Crippen LogP) is 4.33. The van der Waals surface area contributed by atoms with Crippen molar-refractivity contribution < 1.29 is 4.92 Å². The van der Waals surface area contributed by atoms with Gasteiger partial charge in [-0.1, -0.05) is 18.2 Å². The van der Waals surface area contributed by atoms with Gasteiger partial charge in [0, 0.05) is 20.2 Å². The summed E-state index contributed by atoms with van der Waals surface area (Å²) in [6, 6.07) is 14.7. The number of thiazole rings is 1. The zero-order valence-electron chi connectivity index (χ0n) is 13.6. The third-order valence-corrected chi connectivity index (χ3v) is 4.70. The van der Waals surface area contributed by atoms with Crippen molar-refractivity contribution in [3.8, 4) is 6.07 Å². The fraction of sp³-hybridized carbons (Fsp3) is 0.111. The molecule has 0 amide bonds. The number of hydrogen-bond acceptors (Lipinski definition) is 6. The highest BCUT2D eigenvalue weighted by atomic mass is 32.1. The maximum absolute atomic E-state index is 11.3. The number of nitro groups is 1. The maximum atomic E-state index is 11.3. The maximum Gasteiger partial charge on any atom is 0.293 e. The van der Waals surface area contributed by atoms with Crippen molar-refractivity contribution in [1.29, 1.82) is 5.26 Å². The van der Waals surface area contributed by atoms with Crippen molar-refractivity contribution in [3.05, 3.63) is 63.1 Å². The van der Waals surface area contributed by atoms with Gasteiger partial charge in [0.15, 0.2) is 0 Å². The molecule has 7 heteroatoms. The van der Waals surface area contributed by atoms with Crippen LogP contribution in [0.2, 0.25) is 0 Å². The molecule has 1 aromatic heterocycles. The average molecular weight is 350 g/mol. The van der Waals surface area contributed by atoms with Gasteiger partial charge >= 0.3 is 0 Å². The lowest BCUT2D eigenvalue weighted by atomic mass is 10.1. The van der Waals surface area contributed by atoms with E-state index in [0.29, 0.717) is 21.8 Å². The number of nitrogens with zero attached hydrogens (tertiary/aromatic N) is 4. The minimum atomic E-state index is -0.420. The number of allylic oxidation sites excluding steroid dienone is 1. The molecule has 0 saturated carbocycles. The first-order valence-electron chi connectivity index (χ1n) is 7.43. The molecule has 3 rings (SSSR count). The Bertz CT molecular complexity index is 998. The Morgan fingerprint density at radius 1 is 1.32 bits per heavy atom. The fourth-order valence-corrected chi connectivity index (χ4v) is 3.38. The van der Waals surface area contributed by atoms with Crippen LogP contribution in [0.3, 0.4) is 0 Å². The zero-order valence-corrected chi connectivity index (χ0v) is 14.4. The Hall–Kier alpha value is -3.24. The van der Waals surface area contributed by atoms with E-state index in [1.165, 1.54) is 17.4 Å². The molecule has 0 radical (unpaired) electrons. The Labute approximate surface area is 148 Å². The molecule has 3 aromatic rings. The van der Waals surface area contributed by atoms with Gasteiger partial charge in [-0.3, -0.25) is 10.1 Å². The van der Waals surface area contributed by atoms with E-state index in [-0.39, 0.29) is 5.69 Å². The molecule has 0 atom stereocenters. The standard InChI is InChI=1S/C18H14N4O2S/c1-21(2)15-8-7-12(10-16(15)22(23)24)9-13(11-19)18-20-14-5-3-4-6-17(14)25-18/h3-10H,1-2H3/b13-9-. The highest BCUT2D eigenvalue weighted by Gasteiger charge is 2.16. The number of para-hydroxylation sites is 1. The van der Waals surface area contributed by atoms with Gasteiger partial charge in [0.25, 0.3) is 5.69 Å². The molecule has 0 aliphatic heterocycles. The molecule has 1 heterocycles. The van der Waals surface area contributed by atoms with E-state index < -0.39 is 4.92 Å². The molecule has 0 bridgehead atoms. The van der Waals surface area contributed by atoms with Crippen molar-refractivity contribution in [2.45, 2.75) is 0 Å². The minimum Gasteiger partial charge on any atom is -0.372 e. The Morgan fingerprint density at radius 2 is 2.08 bits per heavy atom. The molecule has 124 valence electrons. The molecule has 25 heavy (non-hydrogen) atoms. The van der Waals surface area contributed by atoms with Crippen molar-refractivity contribution in [1.82, 2.24) is 4.98 Å². The second-order valence-electron chi connectivity index (χ2n) is 5.56. The fourth-order valence-electron chi connectivity index (χ4n) is 2.45. The van der Waals surface area contributed by atoms with Crippen LogP contribution in [0, 0.1) is 21.4 Å². The van der Waals surface area contributed by atoms with Crippen molar-refractivity contribution in [2.75, 3.05) is 19.0 Å². The van der Waals surface area contributed by atoms with E-state index in [1.807, 2.05) is 24.3 Å². The van der Waals surface area contributed by atoms with Crippen LogP contribution in [0.15, 0.2) is 42.5 Å². The Balaban J connectivity index is 2.07. The molecule has 0 N–H and O–H groups in total. The average Bonchev–Trinajstić information content (AvgIpc) is 3.03. The lowest BCUT2D eigenvalue weighted by Crippen LogP contribution is -2.10. The van der Waals surface area contributed by atoms with E-state index in [2.05, 4.69) is 11.1 Å². The zero-order chi connectivity index (χ0) is 18.0.